The quantitative estimate of drug-likeness (QED) is 0.0740. The highest BCUT2D eigenvalue weighted by Crippen LogP contribution is 2.38. The van der Waals surface area contributed by atoms with Crippen LogP contribution in [0.1, 0.15) is 75.2 Å². The van der Waals surface area contributed by atoms with Gasteiger partial charge in [-0.3, -0.25) is 9.69 Å². The van der Waals surface area contributed by atoms with Gasteiger partial charge in [0.15, 0.2) is 29.9 Å². The van der Waals surface area contributed by atoms with Crippen LogP contribution in [0, 0.1) is 22.9 Å². The predicted molar refractivity (Wildman–Crippen MR) is 201 cm³/mol. The highest BCUT2D eigenvalue weighted by Gasteiger charge is 2.39. The molecule has 1 N–H and O–H groups in total. The van der Waals surface area contributed by atoms with Crippen molar-refractivity contribution in [1.29, 1.82) is 0 Å². The van der Waals surface area contributed by atoms with E-state index in [1.54, 1.807) is 6.07 Å². The first-order valence-corrected chi connectivity index (χ1v) is 19.2. The maximum atomic E-state index is 15.1. The Labute approximate surface area is 336 Å². The predicted octanol–water partition coefficient (Wildman–Crippen LogP) is 7.41. The van der Waals surface area contributed by atoms with Gasteiger partial charge in [-0.15, -0.1) is 0 Å². The Morgan fingerprint density at radius 2 is 1.63 bits per heavy atom. The Morgan fingerprint density at radius 3 is 2.30 bits per heavy atom. The number of benzene rings is 3. The molecule has 4 aromatic rings. The third-order valence-electron chi connectivity index (χ3n) is 10.4. The number of rotatable bonds is 15. The first-order chi connectivity index (χ1) is 27.4. The minimum atomic E-state index is -3.13. The van der Waals surface area contributed by atoms with Crippen molar-refractivity contribution in [1.82, 2.24) is 10.2 Å². The summed E-state index contributed by atoms with van der Waals surface area (Å²) < 4.78 is 64.5. The summed E-state index contributed by atoms with van der Waals surface area (Å²) in [6, 6.07) is 13.7. The molecule has 4 fully saturated rings. The van der Waals surface area contributed by atoms with E-state index in [0.717, 1.165) is 51.2 Å². The van der Waals surface area contributed by atoms with Crippen molar-refractivity contribution < 1.29 is 51.2 Å². The molecule has 4 heterocycles. The summed E-state index contributed by atoms with van der Waals surface area (Å²) in [4.78, 5) is 43.5. The number of alkyl halides is 2. The molecular weight excluding hydrogens is 790 g/mol. The fourth-order valence-electron chi connectivity index (χ4n) is 7.10. The van der Waals surface area contributed by atoms with Crippen molar-refractivity contribution in [2.75, 3.05) is 26.2 Å². The summed E-state index contributed by atoms with van der Waals surface area (Å²) >= 11 is 12.8. The normalized spacial score (nSPS) is 19.7. The van der Waals surface area contributed by atoms with Gasteiger partial charge >= 0.3 is 18.6 Å². The standard InChI is InChI=1S/C41H38Cl2F3N3O8/c42-30-19-49(53)20-31(43)29(30)18-34(25-10-11-33(57-41(45)46)35(17-25)54-22-23-8-9-23)55-39(51)27-5-3-4-26(16-27)38(50)47-37(28-6-1-2-7-32(28)44)40(52)56-36-21-48-14-12-24(36)13-15-48/h1-7,10-11,16-17,19-20,23-24,34,36-37,41H,8-9,12-15,18,21-22H2,(H,47,50)/t34?,36-,37?/m0/s1. The number of fused-ring (bicyclic) bond motifs is 3. The molecule has 3 aliphatic heterocycles. The minimum Gasteiger partial charge on any atom is -0.619 e. The summed E-state index contributed by atoms with van der Waals surface area (Å²) in [5.74, 6) is -3.00. The van der Waals surface area contributed by atoms with Crippen LogP contribution in [0.15, 0.2) is 79.1 Å². The lowest BCUT2D eigenvalue weighted by molar-refractivity contribution is -0.605. The van der Waals surface area contributed by atoms with Crippen molar-refractivity contribution in [3.05, 3.63) is 128 Å². The molecule has 300 valence electrons. The Kier molecular flexibility index (Phi) is 12.4. The number of pyridine rings is 1. The largest absolute Gasteiger partial charge is 0.619 e. The second-order valence-electron chi connectivity index (χ2n) is 14.4. The Morgan fingerprint density at radius 1 is 0.912 bits per heavy atom. The molecule has 0 spiro atoms. The van der Waals surface area contributed by atoms with Crippen LogP contribution in [0.3, 0.4) is 0 Å². The first-order valence-electron chi connectivity index (χ1n) is 18.5. The number of carbonyl (C=O) groups is 3. The molecule has 1 aliphatic carbocycles. The highest BCUT2D eigenvalue weighted by atomic mass is 35.5. The molecule has 3 atom stereocenters. The molecule has 2 bridgehead atoms. The molecule has 1 aromatic heterocycles. The number of nitrogens with one attached hydrogen (secondary N) is 1. The van der Waals surface area contributed by atoms with Gasteiger partial charge in [-0.1, -0.05) is 53.5 Å². The third-order valence-corrected chi connectivity index (χ3v) is 11.0. The zero-order valence-corrected chi connectivity index (χ0v) is 31.9. The number of piperidine rings is 3. The summed E-state index contributed by atoms with van der Waals surface area (Å²) in [6.45, 7) is -0.477. The highest BCUT2D eigenvalue weighted by molar-refractivity contribution is 6.35. The van der Waals surface area contributed by atoms with Gasteiger partial charge in [-0.05, 0) is 92.6 Å². The number of hydrogen-bond acceptors (Lipinski definition) is 9. The van der Waals surface area contributed by atoms with E-state index in [0.29, 0.717) is 16.8 Å². The average molecular weight is 829 g/mol. The first kappa shape index (κ1) is 40.2. The number of carbonyl (C=O) groups excluding carboxylic acids is 3. The summed E-state index contributed by atoms with van der Waals surface area (Å²) in [7, 11) is 0. The number of amides is 1. The molecule has 11 nitrogen and oxygen atoms in total. The molecule has 3 aromatic carbocycles. The van der Waals surface area contributed by atoms with E-state index >= 15 is 4.39 Å². The molecule has 57 heavy (non-hydrogen) atoms. The van der Waals surface area contributed by atoms with E-state index < -0.39 is 48.5 Å². The van der Waals surface area contributed by atoms with Crippen LogP contribution in [0.2, 0.25) is 10.0 Å². The van der Waals surface area contributed by atoms with E-state index in [1.807, 2.05) is 0 Å². The maximum absolute atomic E-state index is 15.1. The van der Waals surface area contributed by atoms with Crippen molar-refractivity contribution in [2.24, 2.45) is 11.8 Å². The second-order valence-corrected chi connectivity index (χ2v) is 15.2. The number of nitrogens with zero attached hydrogens (tertiary/aromatic N) is 2. The summed E-state index contributed by atoms with van der Waals surface area (Å²) in [5.41, 5.74) is 0.354. The maximum Gasteiger partial charge on any atom is 0.387 e. The number of esters is 2. The van der Waals surface area contributed by atoms with Crippen LogP contribution in [0.5, 0.6) is 11.5 Å². The van der Waals surface area contributed by atoms with Crippen LogP contribution in [-0.2, 0) is 20.7 Å². The fraction of sp³-hybridized carbons (Fsp3) is 0.366. The number of halogens is 5. The van der Waals surface area contributed by atoms with Crippen LogP contribution < -0.4 is 19.5 Å². The lowest BCUT2D eigenvalue weighted by Crippen LogP contribution is -2.52. The van der Waals surface area contributed by atoms with Crippen molar-refractivity contribution in [2.45, 2.75) is 57.0 Å². The van der Waals surface area contributed by atoms with E-state index in [-0.39, 0.29) is 68.7 Å². The van der Waals surface area contributed by atoms with Crippen LogP contribution >= 0.6 is 23.2 Å². The number of hydrogen-bond donors (Lipinski definition) is 1. The van der Waals surface area contributed by atoms with Gasteiger partial charge in [0.25, 0.3) is 5.91 Å². The number of ether oxygens (including phenoxy) is 4. The SMILES string of the molecule is O=C(NC(C(=O)O[C@H]1CN2CCC1CC2)c1ccccc1F)c1cccc(C(=O)OC(Cc2c(Cl)c[n+]([O-])cc2Cl)c2ccc(OC(F)F)c(OCC3CC3)c2)c1. The topological polar surface area (TPSA) is 130 Å². The van der Waals surface area contributed by atoms with Crippen molar-refractivity contribution >= 4 is 41.0 Å². The Bertz CT molecular complexity index is 2110. The van der Waals surface area contributed by atoms with Gasteiger partial charge in [0.05, 0.1) is 12.2 Å². The third kappa shape index (κ3) is 9.92. The molecule has 1 amide bonds. The van der Waals surface area contributed by atoms with Gasteiger partial charge in [-0.25, -0.2) is 14.0 Å². The molecule has 2 unspecified atom stereocenters. The molecule has 8 rings (SSSR count). The zero-order valence-electron chi connectivity index (χ0n) is 30.4. The lowest BCUT2D eigenvalue weighted by Gasteiger charge is -2.44. The minimum absolute atomic E-state index is 0.00138. The Balaban J connectivity index is 1.14. The van der Waals surface area contributed by atoms with Gasteiger partial charge in [0.2, 0.25) is 0 Å². The fourth-order valence-corrected chi connectivity index (χ4v) is 7.69. The van der Waals surface area contributed by atoms with Crippen LogP contribution in [0.25, 0.3) is 0 Å². The van der Waals surface area contributed by atoms with E-state index in [1.165, 1.54) is 60.7 Å². The molecule has 0 radical (unpaired) electrons. The van der Waals surface area contributed by atoms with Gasteiger partial charge in [0, 0.05) is 29.7 Å². The van der Waals surface area contributed by atoms with E-state index in [9.17, 15) is 28.4 Å². The number of aromatic nitrogens is 1. The van der Waals surface area contributed by atoms with Crippen LogP contribution in [-0.4, -0.2) is 61.7 Å². The average Bonchev–Trinajstić information content (AvgIpc) is 4.03. The molecule has 1 saturated carbocycles. The van der Waals surface area contributed by atoms with E-state index in [2.05, 4.69) is 15.0 Å². The molecular formula is C41H38Cl2F3N3O8. The van der Waals surface area contributed by atoms with Gasteiger partial charge in [0.1, 0.15) is 28.1 Å². The lowest BCUT2D eigenvalue weighted by atomic mass is 9.86. The summed E-state index contributed by atoms with van der Waals surface area (Å²) in [6.07, 6.45) is 4.03. The van der Waals surface area contributed by atoms with Crippen molar-refractivity contribution in [3.63, 3.8) is 0 Å². The van der Waals surface area contributed by atoms with Gasteiger partial charge in [-0.2, -0.15) is 13.5 Å². The molecule has 3 saturated heterocycles. The smallest absolute Gasteiger partial charge is 0.387 e. The summed E-state index contributed by atoms with van der Waals surface area (Å²) in [5, 5.41) is 14.5. The van der Waals surface area contributed by atoms with E-state index in [4.69, 9.17) is 37.4 Å². The monoisotopic (exact) mass is 827 g/mol. The van der Waals surface area contributed by atoms with Crippen molar-refractivity contribution in [3.8, 4) is 11.5 Å². The molecule has 16 heteroatoms. The van der Waals surface area contributed by atoms with Crippen LogP contribution in [0.4, 0.5) is 13.2 Å². The molecule has 4 aliphatic rings. The van der Waals surface area contributed by atoms with Gasteiger partial charge < -0.3 is 29.5 Å². The Hall–Kier alpha value is -5.05. The second kappa shape index (κ2) is 17.6. The zero-order chi connectivity index (χ0) is 40.2.